The summed E-state index contributed by atoms with van der Waals surface area (Å²) in [6.45, 7) is 2.59. The first-order valence-electron chi connectivity index (χ1n) is 3.56. The van der Waals surface area contributed by atoms with Gasteiger partial charge < -0.3 is 4.90 Å². The summed E-state index contributed by atoms with van der Waals surface area (Å²) in [6, 6.07) is 0. The maximum atomic E-state index is 12.7. The van der Waals surface area contributed by atoms with E-state index in [1.165, 1.54) is 0 Å². The van der Waals surface area contributed by atoms with Gasteiger partial charge in [-0.2, -0.15) is 0 Å². The van der Waals surface area contributed by atoms with Crippen molar-refractivity contribution in [2.24, 2.45) is 5.92 Å². The molecule has 0 aromatic heterocycles. The molecule has 1 heterocycles. The van der Waals surface area contributed by atoms with Crippen LogP contribution in [0.1, 0.15) is 13.3 Å². The van der Waals surface area contributed by atoms with E-state index in [2.05, 4.69) is 0 Å². The van der Waals surface area contributed by atoms with Crippen LogP contribution in [0, 0.1) is 5.92 Å². The Kier molecular flexibility index (Phi) is 1.95. The minimum atomic E-state index is -2.45. The van der Waals surface area contributed by atoms with E-state index < -0.39 is 5.92 Å². The van der Waals surface area contributed by atoms with Crippen molar-refractivity contribution >= 4 is 0 Å². The van der Waals surface area contributed by atoms with Crippen LogP contribution in [0.5, 0.6) is 0 Å². The number of piperidine rings is 1. The highest BCUT2D eigenvalue weighted by atomic mass is 19.3. The van der Waals surface area contributed by atoms with Gasteiger partial charge in [0, 0.05) is 13.0 Å². The zero-order chi connectivity index (χ0) is 7.78. The highest BCUT2D eigenvalue weighted by Gasteiger charge is 2.36. The fraction of sp³-hybridized carbons (Fsp3) is 1.00. The summed E-state index contributed by atoms with van der Waals surface area (Å²) in [6.07, 6.45) is 0.0529. The molecule has 0 N–H and O–H groups in total. The zero-order valence-corrected chi connectivity index (χ0v) is 6.40. The van der Waals surface area contributed by atoms with E-state index in [1.54, 1.807) is 11.9 Å². The van der Waals surface area contributed by atoms with Gasteiger partial charge in [-0.1, -0.05) is 6.92 Å². The van der Waals surface area contributed by atoms with Crippen molar-refractivity contribution in [3.8, 4) is 0 Å². The van der Waals surface area contributed by atoms with E-state index >= 15 is 0 Å². The maximum Gasteiger partial charge on any atom is 0.260 e. The monoisotopic (exact) mass is 149 g/mol. The molecule has 0 saturated carbocycles. The average molecular weight is 149 g/mol. The van der Waals surface area contributed by atoms with Crippen molar-refractivity contribution < 1.29 is 8.78 Å². The molecule has 0 bridgehead atoms. The van der Waals surface area contributed by atoms with Crippen LogP contribution in [0.4, 0.5) is 8.78 Å². The van der Waals surface area contributed by atoms with Crippen LogP contribution in [-0.4, -0.2) is 31.0 Å². The molecule has 1 saturated heterocycles. The molecule has 0 aliphatic carbocycles. The van der Waals surface area contributed by atoms with E-state index in [0.717, 1.165) is 6.54 Å². The first-order chi connectivity index (χ1) is 4.49. The molecule has 10 heavy (non-hydrogen) atoms. The van der Waals surface area contributed by atoms with Gasteiger partial charge in [-0.05, 0) is 13.0 Å². The summed E-state index contributed by atoms with van der Waals surface area (Å²) >= 11 is 0. The summed E-state index contributed by atoms with van der Waals surface area (Å²) < 4.78 is 25.3. The molecule has 1 nitrogen and oxygen atoms in total. The molecule has 0 unspecified atom stereocenters. The average Bonchev–Trinajstić information content (AvgIpc) is 1.54. The summed E-state index contributed by atoms with van der Waals surface area (Å²) in [5.41, 5.74) is 0. The van der Waals surface area contributed by atoms with Gasteiger partial charge in [-0.15, -0.1) is 0 Å². The molecule has 1 aliphatic rings. The van der Waals surface area contributed by atoms with Gasteiger partial charge in [0.15, 0.2) is 0 Å². The second-order valence-corrected chi connectivity index (χ2v) is 3.36. The fourth-order valence-electron chi connectivity index (χ4n) is 1.63. The Labute approximate surface area is 60.0 Å². The Morgan fingerprint density at radius 2 is 2.10 bits per heavy atom. The van der Waals surface area contributed by atoms with Gasteiger partial charge in [0.1, 0.15) is 0 Å². The highest BCUT2D eigenvalue weighted by Crippen LogP contribution is 2.28. The van der Waals surface area contributed by atoms with Gasteiger partial charge in [-0.25, -0.2) is 8.78 Å². The van der Waals surface area contributed by atoms with Gasteiger partial charge >= 0.3 is 0 Å². The molecule has 0 spiro atoms. The molecule has 60 valence electrons. The second kappa shape index (κ2) is 2.46. The minimum Gasteiger partial charge on any atom is -0.300 e. The SMILES string of the molecule is C[C@H]1CN(C)CC(F)(F)C1. The van der Waals surface area contributed by atoms with E-state index in [-0.39, 0.29) is 18.9 Å². The molecule has 0 aromatic carbocycles. The molecule has 3 heteroatoms. The topological polar surface area (TPSA) is 3.24 Å². The van der Waals surface area contributed by atoms with Gasteiger partial charge in [0.05, 0.1) is 6.54 Å². The van der Waals surface area contributed by atoms with Gasteiger partial charge in [-0.3, -0.25) is 0 Å². The Bertz CT molecular complexity index is 113. The number of likely N-dealkylation sites (tertiary alicyclic amines) is 1. The van der Waals surface area contributed by atoms with Crippen molar-refractivity contribution in [1.82, 2.24) is 4.90 Å². The molecular weight excluding hydrogens is 136 g/mol. The first kappa shape index (κ1) is 7.92. The lowest BCUT2D eigenvalue weighted by Gasteiger charge is -2.33. The van der Waals surface area contributed by atoms with Crippen LogP contribution < -0.4 is 0 Å². The number of nitrogens with zero attached hydrogens (tertiary/aromatic N) is 1. The largest absolute Gasteiger partial charge is 0.300 e. The lowest BCUT2D eigenvalue weighted by atomic mass is 9.98. The quantitative estimate of drug-likeness (QED) is 0.505. The molecule has 1 atom stereocenters. The number of halogens is 2. The third-order valence-electron chi connectivity index (χ3n) is 1.77. The third-order valence-corrected chi connectivity index (χ3v) is 1.77. The number of rotatable bonds is 0. The smallest absolute Gasteiger partial charge is 0.260 e. The Balaban J connectivity index is 2.51. The first-order valence-corrected chi connectivity index (χ1v) is 3.56. The summed E-state index contributed by atoms with van der Waals surface area (Å²) in [7, 11) is 1.74. The van der Waals surface area contributed by atoms with E-state index in [9.17, 15) is 8.78 Å². The maximum absolute atomic E-state index is 12.7. The van der Waals surface area contributed by atoms with Crippen LogP contribution in [0.15, 0.2) is 0 Å². The number of hydrogen-bond acceptors (Lipinski definition) is 1. The second-order valence-electron chi connectivity index (χ2n) is 3.36. The van der Waals surface area contributed by atoms with Crippen molar-refractivity contribution in [2.75, 3.05) is 20.1 Å². The molecule has 0 aromatic rings. The summed E-state index contributed by atoms with van der Waals surface area (Å²) in [4.78, 5) is 1.69. The molecule has 0 amide bonds. The summed E-state index contributed by atoms with van der Waals surface area (Å²) in [5, 5.41) is 0. The van der Waals surface area contributed by atoms with Crippen LogP contribution in [0.25, 0.3) is 0 Å². The van der Waals surface area contributed by atoms with Crippen LogP contribution >= 0.6 is 0 Å². The predicted octanol–water partition coefficient (Wildman–Crippen LogP) is 1.59. The molecular formula is C7H13F2N. The Hall–Kier alpha value is -0.180. The van der Waals surface area contributed by atoms with Crippen LogP contribution in [-0.2, 0) is 0 Å². The normalized spacial score (nSPS) is 34.2. The highest BCUT2D eigenvalue weighted by molar-refractivity contribution is 4.80. The van der Waals surface area contributed by atoms with Crippen LogP contribution in [0.2, 0.25) is 0 Å². The van der Waals surface area contributed by atoms with Crippen molar-refractivity contribution in [2.45, 2.75) is 19.3 Å². The van der Waals surface area contributed by atoms with Crippen molar-refractivity contribution in [3.05, 3.63) is 0 Å². The lowest BCUT2D eigenvalue weighted by Crippen LogP contribution is -2.44. The third kappa shape index (κ3) is 1.90. The molecule has 1 rings (SSSR count). The van der Waals surface area contributed by atoms with Crippen molar-refractivity contribution in [1.29, 1.82) is 0 Å². The minimum absolute atomic E-state index is 0.0529. The lowest BCUT2D eigenvalue weighted by molar-refractivity contribution is -0.0745. The Morgan fingerprint density at radius 3 is 2.50 bits per heavy atom. The van der Waals surface area contributed by atoms with E-state index in [0.29, 0.717) is 0 Å². The molecule has 1 aliphatic heterocycles. The Morgan fingerprint density at radius 1 is 1.50 bits per heavy atom. The van der Waals surface area contributed by atoms with Gasteiger partial charge in [0.25, 0.3) is 5.92 Å². The predicted molar refractivity (Wildman–Crippen MR) is 36.2 cm³/mol. The number of hydrogen-bond donors (Lipinski definition) is 0. The van der Waals surface area contributed by atoms with Crippen molar-refractivity contribution in [3.63, 3.8) is 0 Å². The summed E-state index contributed by atoms with van der Waals surface area (Å²) in [5.74, 6) is -2.32. The van der Waals surface area contributed by atoms with E-state index in [4.69, 9.17) is 0 Å². The molecule has 1 fully saturated rings. The molecule has 0 radical (unpaired) electrons. The van der Waals surface area contributed by atoms with Crippen LogP contribution in [0.3, 0.4) is 0 Å². The zero-order valence-electron chi connectivity index (χ0n) is 6.40. The van der Waals surface area contributed by atoms with E-state index in [1.807, 2.05) is 6.92 Å². The van der Waals surface area contributed by atoms with Gasteiger partial charge in [0.2, 0.25) is 0 Å². The standard InChI is InChI=1S/C7H13F2N/c1-6-3-7(8,9)5-10(2)4-6/h6H,3-5H2,1-2H3/t6-/m1/s1. The fourth-order valence-corrected chi connectivity index (χ4v) is 1.63. The number of alkyl halides is 2.